The van der Waals surface area contributed by atoms with Gasteiger partial charge in [0.2, 0.25) is 0 Å². The normalized spacial score (nSPS) is 14.6. The smallest absolute Gasteiger partial charge is 0.234 e. The van der Waals surface area contributed by atoms with Crippen molar-refractivity contribution in [3.63, 3.8) is 0 Å². The van der Waals surface area contributed by atoms with Crippen LogP contribution in [0.25, 0.3) is 22.0 Å². The molecule has 2 heterocycles. The molecule has 0 atom stereocenters. The van der Waals surface area contributed by atoms with Crippen LogP contribution in [-0.2, 0) is 10.0 Å². The Labute approximate surface area is 161 Å². The SMILES string of the molecule is O=S1(=O)c2ccccc2-c2ccc3ccc(Cl)nc3c2N1c1ccccc1. The van der Waals surface area contributed by atoms with Gasteiger partial charge in [-0.3, -0.25) is 0 Å². The molecular formula is C21H13ClN2O2S. The third-order valence-electron chi connectivity index (χ3n) is 4.69. The summed E-state index contributed by atoms with van der Waals surface area (Å²) >= 11 is 6.15. The Morgan fingerprint density at radius 2 is 1.48 bits per heavy atom. The Hall–Kier alpha value is -2.89. The molecular weight excluding hydrogens is 380 g/mol. The van der Waals surface area contributed by atoms with Gasteiger partial charge in [0.1, 0.15) is 5.15 Å². The number of hydrogen-bond donors (Lipinski definition) is 0. The molecule has 0 N–H and O–H groups in total. The van der Waals surface area contributed by atoms with Crippen molar-refractivity contribution in [2.75, 3.05) is 4.31 Å². The number of para-hydroxylation sites is 1. The number of pyridine rings is 1. The van der Waals surface area contributed by atoms with Gasteiger partial charge in [0.05, 0.1) is 21.8 Å². The zero-order chi connectivity index (χ0) is 18.6. The van der Waals surface area contributed by atoms with Gasteiger partial charge in [-0.05, 0) is 30.3 Å². The maximum Gasteiger partial charge on any atom is 0.269 e. The van der Waals surface area contributed by atoms with E-state index < -0.39 is 10.0 Å². The Morgan fingerprint density at radius 3 is 2.30 bits per heavy atom. The molecule has 3 aromatic carbocycles. The minimum absolute atomic E-state index is 0.280. The molecule has 4 aromatic rings. The van der Waals surface area contributed by atoms with Crippen molar-refractivity contribution >= 4 is 43.9 Å². The molecule has 4 nitrogen and oxygen atoms in total. The lowest BCUT2D eigenvalue weighted by molar-refractivity contribution is 0.596. The number of halogens is 1. The summed E-state index contributed by atoms with van der Waals surface area (Å²) in [4.78, 5) is 4.74. The molecule has 0 bridgehead atoms. The lowest BCUT2D eigenvalue weighted by Crippen LogP contribution is -2.30. The van der Waals surface area contributed by atoms with Crippen LogP contribution in [0.3, 0.4) is 0 Å². The second-order valence-electron chi connectivity index (χ2n) is 6.27. The van der Waals surface area contributed by atoms with Gasteiger partial charge < -0.3 is 0 Å². The monoisotopic (exact) mass is 392 g/mol. The van der Waals surface area contributed by atoms with Crippen LogP contribution in [0.4, 0.5) is 11.4 Å². The van der Waals surface area contributed by atoms with Crippen molar-refractivity contribution in [1.82, 2.24) is 4.98 Å². The summed E-state index contributed by atoms with van der Waals surface area (Å²) in [5.41, 5.74) is 3.12. The third-order valence-corrected chi connectivity index (χ3v) is 6.69. The van der Waals surface area contributed by atoms with Crippen molar-refractivity contribution < 1.29 is 8.42 Å². The molecule has 132 valence electrons. The van der Waals surface area contributed by atoms with E-state index in [2.05, 4.69) is 4.98 Å². The lowest BCUT2D eigenvalue weighted by atomic mass is 10.00. The molecule has 0 saturated heterocycles. The third kappa shape index (κ3) is 2.36. The standard InChI is InChI=1S/C21H13ClN2O2S/c22-19-13-11-14-10-12-17-16-8-4-5-9-18(16)27(25,26)24(21(17)20(14)23-19)15-6-2-1-3-7-15/h1-13H. The van der Waals surface area contributed by atoms with Crippen LogP contribution in [0.15, 0.2) is 83.8 Å². The molecule has 0 spiro atoms. The van der Waals surface area contributed by atoms with E-state index in [0.717, 1.165) is 10.9 Å². The van der Waals surface area contributed by atoms with Gasteiger partial charge in [-0.2, -0.15) is 0 Å². The molecule has 0 radical (unpaired) electrons. The fourth-order valence-corrected chi connectivity index (χ4v) is 5.41. The number of fused-ring (bicyclic) bond motifs is 5. The first-order chi connectivity index (χ1) is 13.1. The van der Waals surface area contributed by atoms with Crippen LogP contribution in [-0.4, -0.2) is 13.4 Å². The van der Waals surface area contributed by atoms with Gasteiger partial charge in [-0.15, -0.1) is 0 Å². The number of hydrogen-bond acceptors (Lipinski definition) is 3. The zero-order valence-electron chi connectivity index (χ0n) is 14.0. The average Bonchev–Trinajstić information content (AvgIpc) is 2.69. The number of nitrogens with zero attached hydrogens (tertiary/aromatic N) is 2. The summed E-state index contributed by atoms with van der Waals surface area (Å²) in [6.45, 7) is 0. The molecule has 0 fully saturated rings. The van der Waals surface area contributed by atoms with Crippen LogP contribution in [0.2, 0.25) is 5.15 Å². The summed E-state index contributed by atoms with van der Waals surface area (Å²) in [5, 5.41) is 1.15. The predicted octanol–water partition coefficient (Wildman–Crippen LogP) is 5.40. The largest absolute Gasteiger partial charge is 0.269 e. The van der Waals surface area contributed by atoms with E-state index in [4.69, 9.17) is 11.6 Å². The van der Waals surface area contributed by atoms with E-state index in [1.54, 1.807) is 30.3 Å². The van der Waals surface area contributed by atoms with Crippen molar-refractivity contribution in [3.05, 3.63) is 84.0 Å². The number of aromatic nitrogens is 1. The molecule has 27 heavy (non-hydrogen) atoms. The van der Waals surface area contributed by atoms with Crippen LogP contribution in [0.1, 0.15) is 0 Å². The van der Waals surface area contributed by atoms with Gasteiger partial charge in [0.25, 0.3) is 10.0 Å². The molecule has 1 aromatic heterocycles. The molecule has 6 heteroatoms. The maximum absolute atomic E-state index is 13.6. The first-order valence-corrected chi connectivity index (χ1v) is 10.2. The van der Waals surface area contributed by atoms with Crippen LogP contribution < -0.4 is 4.31 Å². The van der Waals surface area contributed by atoms with Crippen LogP contribution in [0.5, 0.6) is 0 Å². The van der Waals surface area contributed by atoms with Gasteiger partial charge >= 0.3 is 0 Å². The van der Waals surface area contributed by atoms with E-state index in [-0.39, 0.29) is 4.90 Å². The highest BCUT2D eigenvalue weighted by Gasteiger charge is 2.37. The van der Waals surface area contributed by atoms with E-state index in [9.17, 15) is 8.42 Å². The number of rotatable bonds is 1. The quantitative estimate of drug-likeness (QED) is 0.408. The Kier molecular flexibility index (Phi) is 3.50. The second-order valence-corrected chi connectivity index (χ2v) is 8.41. The van der Waals surface area contributed by atoms with E-state index in [1.807, 2.05) is 48.5 Å². The minimum atomic E-state index is -3.80. The highest BCUT2D eigenvalue weighted by atomic mass is 35.5. The van der Waals surface area contributed by atoms with E-state index in [1.165, 1.54) is 4.31 Å². The lowest BCUT2D eigenvalue weighted by Gasteiger charge is -2.32. The maximum atomic E-state index is 13.6. The Balaban J connectivity index is 1.99. The molecule has 5 rings (SSSR count). The zero-order valence-corrected chi connectivity index (χ0v) is 15.6. The fourth-order valence-electron chi connectivity index (χ4n) is 3.54. The summed E-state index contributed by atoms with van der Waals surface area (Å²) in [6, 6.07) is 23.5. The first-order valence-electron chi connectivity index (χ1n) is 8.36. The number of benzene rings is 3. The average molecular weight is 393 g/mol. The fraction of sp³-hybridized carbons (Fsp3) is 0. The van der Waals surface area contributed by atoms with Crippen molar-refractivity contribution in [2.24, 2.45) is 0 Å². The summed E-state index contributed by atoms with van der Waals surface area (Å²) < 4.78 is 28.5. The van der Waals surface area contributed by atoms with Gasteiger partial charge in [-0.1, -0.05) is 60.1 Å². The number of anilines is 2. The first kappa shape index (κ1) is 16.3. The second kappa shape index (κ2) is 5.81. The van der Waals surface area contributed by atoms with Crippen molar-refractivity contribution in [1.29, 1.82) is 0 Å². The Bertz CT molecular complexity index is 1300. The highest BCUT2D eigenvalue weighted by molar-refractivity contribution is 7.93. The summed E-state index contributed by atoms with van der Waals surface area (Å²) in [7, 11) is -3.80. The number of sulfonamides is 1. The molecule has 0 amide bonds. The topological polar surface area (TPSA) is 50.3 Å². The van der Waals surface area contributed by atoms with Crippen LogP contribution in [0, 0.1) is 0 Å². The summed E-state index contributed by atoms with van der Waals surface area (Å²) in [6.07, 6.45) is 0. The van der Waals surface area contributed by atoms with Crippen molar-refractivity contribution in [2.45, 2.75) is 4.90 Å². The van der Waals surface area contributed by atoms with Gasteiger partial charge in [-0.25, -0.2) is 17.7 Å². The van der Waals surface area contributed by atoms with Crippen molar-refractivity contribution in [3.8, 4) is 11.1 Å². The van der Waals surface area contributed by atoms with Gasteiger partial charge in [0, 0.05) is 16.5 Å². The van der Waals surface area contributed by atoms with E-state index >= 15 is 0 Å². The minimum Gasteiger partial charge on any atom is -0.234 e. The molecule has 1 aliphatic heterocycles. The summed E-state index contributed by atoms with van der Waals surface area (Å²) in [5.74, 6) is 0. The molecule has 0 aliphatic carbocycles. The molecule has 0 unspecified atom stereocenters. The Morgan fingerprint density at radius 1 is 0.778 bits per heavy atom. The van der Waals surface area contributed by atoms with E-state index in [0.29, 0.717) is 27.6 Å². The molecule has 0 saturated carbocycles. The van der Waals surface area contributed by atoms with Gasteiger partial charge in [0.15, 0.2) is 0 Å². The van der Waals surface area contributed by atoms with Crippen LogP contribution >= 0.6 is 11.6 Å². The highest BCUT2D eigenvalue weighted by Crippen LogP contribution is 2.49. The molecule has 1 aliphatic rings. The predicted molar refractivity (Wildman–Crippen MR) is 108 cm³/mol.